The molecular formula is C14H20ClN3O. The Bertz CT molecular complexity index is 429. The van der Waals surface area contributed by atoms with Crippen LogP contribution in [0.5, 0.6) is 0 Å². The molecule has 0 amide bonds. The smallest absolute Gasteiger partial charge is 0.129 e. The number of hydrogen-bond acceptors (Lipinski definition) is 4. The molecule has 0 aromatic carbocycles. The number of ether oxygens (including phenoxy) is 1. The Morgan fingerprint density at radius 3 is 2.58 bits per heavy atom. The molecule has 3 rings (SSSR count). The van der Waals surface area contributed by atoms with Crippen LogP contribution in [0.4, 0.5) is 5.69 Å². The van der Waals surface area contributed by atoms with Crippen molar-refractivity contribution in [1.29, 1.82) is 0 Å². The Kier molecular flexibility index (Phi) is 4.21. The lowest BCUT2D eigenvalue weighted by molar-refractivity contribution is 0.122. The van der Waals surface area contributed by atoms with Crippen molar-refractivity contribution in [2.45, 2.75) is 19.4 Å². The zero-order valence-electron chi connectivity index (χ0n) is 11.1. The van der Waals surface area contributed by atoms with Crippen LogP contribution in [-0.2, 0) is 11.3 Å². The highest BCUT2D eigenvalue weighted by atomic mass is 35.5. The van der Waals surface area contributed by atoms with E-state index in [2.05, 4.69) is 20.9 Å². The molecular weight excluding hydrogens is 262 g/mol. The molecule has 0 atom stereocenters. The van der Waals surface area contributed by atoms with Gasteiger partial charge in [0.1, 0.15) is 5.15 Å². The summed E-state index contributed by atoms with van der Waals surface area (Å²) in [5, 5.41) is 0.589. The minimum Gasteiger partial charge on any atom is -0.378 e. The Morgan fingerprint density at radius 1 is 1.11 bits per heavy atom. The van der Waals surface area contributed by atoms with Gasteiger partial charge in [0.15, 0.2) is 0 Å². The summed E-state index contributed by atoms with van der Waals surface area (Å²) in [5.74, 6) is 0. The second-order valence-corrected chi connectivity index (χ2v) is 5.57. The summed E-state index contributed by atoms with van der Waals surface area (Å²) < 4.78 is 5.42. The number of likely N-dealkylation sites (tertiary alicyclic amines) is 1. The van der Waals surface area contributed by atoms with Gasteiger partial charge in [0.2, 0.25) is 0 Å². The molecule has 19 heavy (non-hydrogen) atoms. The molecule has 0 N–H and O–H groups in total. The molecule has 2 fully saturated rings. The van der Waals surface area contributed by atoms with Crippen molar-refractivity contribution >= 4 is 17.3 Å². The molecule has 0 aliphatic carbocycles. The van der Waals surface area contributed by atoms with Crippen molar-refractivity contribution in [2.24, 2.45) is 0 Å². The quantitative estimate of drug-likeness (QED) is 0.794. The van der Waals surface area contributed by atoms with Gasteiger partial charge >= 0.3 is 0 Å². The predicted octanol–water partition coefficient (Wildman–Crippen LogP) is 2.17. The monoisotopic (exact) mass is 281 g/mol. The zero-order valence-corrected chi connectivity index (χ0v) is 11.9. The molecule has 4 nitrogen and oxygen atoms in total. The highest BCUT2D eigenvalue weighted by Gasteiger charge is 2.19. The van der Waals surface area contributed by atoms with E-state index in [-0.39, 0.29) is 0 Å². The maximum Gasteiger partial charge on any atom is 0.129 e. The molecule has 0 radical (unpaired) electrons. The molecule has 2 aliphatic heterocycles. The number of nitrogens with zero attached hydrogens (tertiary/aromatic N) is 3. The molecule has 1 aromatic heterocycles. The van der Waals surface area contributed by atoms with E-state index < -0.39 is 0 Å². The Morgan fingerprint density at radius 2 is 1.84 bits per heavy atom. The molecule has 2 saturated heterocycles. The van der Waals surface area contributed by atoms with Crippen molar-refractivity contribution < 1.29 is 4.74 Å². The molecule has 104 valence electrons. The third-order valence-corrected chi connectivity index (χ3v) is 4.05. The summed E-state index contributed by atoms with van der Waals surface area (Å²) in [6.07, 6.45) is 2.60. The number of hydrogen-bond donors (Lipinski definition) is 0. The highest BCUT2D eigenvalue weighted by molar-refractivity contribution is 6.29. The molecule has 2 aliphatic rings. The van der Waals surface area contributed by atoms with E-state index in [1.54, 1.807) is 0 Å². The molecule has 0 saturated carbocycles. The fourth-order valence-electron chi connectivity index (χ4n) is 2.83. The zero-order chi connectivity index (χ0) is 13.1. The van der Waals surface area contributed by atoms with Gasteiger partial charge in [-0.15, -0.1) is 0 Å². The maximum atomic E-state index is 6.07. The van der Waals surface area contributed by atoms with Crippen LogP contribution < -0.4 is 4.90 Å². The van der Waals surface area contributed by atoms with Crippen LogP contribution >= 0.6 is 11.6 Å². The van der Waals surface area contributed by atoms with Gasteiger partial charge in [-0.3, -0.25) is 4.90 Å². The molecule has 0 spiro atoms. The normalized spacial score (nSPS) is 21.0. The Labute approximate surface area is 119 Å². The second-order valence-electron chi connectivity index (χ2n) is 5.18. The third kappa shape index (κ3) is 3.19. The Hall–Kier alpha value is -0.840. The van der Waals surface area contributed by atoms with Crippen molar-refractivity contribution in [3.05, 3.63) is 23.0 Å². The van der Waals surface area contributed by atoms with E-state index in [1.165, 1.54) is 31.6 Å². The van der Waals surface area contributed by atoms with Gasteiger partial charge in [-0.05, 0) is 38.1 Å². The first kappa shape index (κ1) is 13.2. The minimum absolute atomic E-state index is 0.589. The largest absolute Gasteiger partial charge is 0.378 e. The van der Waals surface area contributed by atoms with E-state index in [0.717, 1.165) is 38.5 Å². The maximum absolute atomic E-state index is 6.07. The van der Waals surface area contributed by atoms with Crippen LogP contribution in [0.15, 0.2) is 12.1 Å². The number of halogens is 1. The first-order valence-corrected chi connectivity index (χ1v) is 7.41. The van der Waals surface area contributed by atoms with Crippen LogP contribution in [0.3, 0.4) is 0 Å². The Balaban J connectivity index is 1.80. The molecule has 1 aromatic rings. The van der Waals surface area contributed by atoms with E-state index in [0.29, 0.717) is 5.15 Å². The number of anilines is 1. The van der Waals surface area contributed by atoms with Crippen molar-refractivity contribution in [1.82, 2.24) is 9.88 Å². The molecule has 5 heteroatoms. The minimum atomic E-state index is 0.589. The second kappa shape index (κ2) is 6.07. The summed E-state index contributed by atoms with van der Waals surface area (Å²) in [6.45, 7) is 6.74. The average molecular weight is 282 g/mol. The van der Waals surface area contributed by atoms with Crippen LogP contribution in [0.1, 0.15) is 18.5 Å². The number of morpholine rings is 1. The van der Waals surface area contributed by atoms with E-state index >= 15 is 0 Å². The van der Waals surface area contributed by atoms with Gasteiger partial charge in [0.05, 0.1) is 24.6 Å². The first-order valence-electron chi connectivity index (χ1n) is 7.03. The van der Waals surface area contributed by atoms with Gasteiger partial charge in [-0.25, -0.2) is 4.98 Å². The summed E-state index contributed by atoms with van der Waals surface area (Å²) in [6, 6.07) is 3.99. The predicted molar refractivity (Wildman–Crippen MR) is 76.8 cm³/mol. The molecule has 0 unspecified atom stereocenters. The van der Waals surface area contributed by atoms with Crippen molar-refractivity contribution in [3.8, 4) is 0 Å². The van der Waals surface area contributed by atoms with Crippen LogP contribution in [0.25, 0.3) is 0 Å². The van der Waals surface area contributed by atoms with Gasteiger partial charge in [-0.2, -0.15) is 0 Å². The summed E-state index contributed by atoms with van der Waals surface area (Å²) >= 11 is 6.07. The molecule has 0 bridgehead atoms. The van der Waals surface area contributed by atoms with Gasteiger partial charge in [-0.1, -0.05) is 11.6 Å². The van der Waals surface area contributed by atoms with Gasteiger partial charge in [0, 0.05) is 19.6 Å². The fourth-order valence-corrected chi connectivity index (χ4v) is 2.99. The average Bonchev–Trinajstić information content (AvgIpc) is 2.93. The standard InChI is InChI=1S/C14H20ClN3O/c15-14-4-3-13(18-7-9-19-10-8-18)12(16-14)11-17-5-1-2-6-17/h3-4H,1-2,5-11H2. The van der Waals surface area contributed by atoms with Crippen LogP contribution in [-0.4, -0.2) is 49.3 Å². The lowest BCUT2D eigenvalue weighted by Crippen LogP contribution is -2.37. The highest BCUT2D eigenvalue weighted by Crippen LogP contribution is 2.24. The number of rotatable bonds is 3. The van der Waals surface area contributed by atoms with Crippen LogP contribution in [0, 0.1) is 0 Å². The van der Waals surface area contributed by atoms with Crippen molar-refractivity contribution in [3.63, 3.8) is 0 Å². The van der Waals surface area contributed by atoms with E-state index in [9.17, 15) is 0 Å². The van der Waals surface area contributed by atoms with E-state index in [4.69, 9.17) is 16.3 Å². The lowest BCUT2D eigenvalue weighted by atomic mass is 10.2. The molecule has 3 heterocycles. The first-order chi connectivity index (χ1) is 9.33. The summed E-state index contributed by atoms with van der Waals surface area (Å²) in [5.41, 5.74) is 2.33. The number of pyridine rings is 1. The van der Waals surface area contributed by atoms with Gasteiger partial charge in [0.25, 0.3) is 0 Å². The van der Waals surface area contributed by atoms with Crippen LogP contribution in [0.2, 0.25) is 5.15 Å². The summed E-state index contributed by atoms with van der Waals surface area (Å²) in [4.78, 5) is 9.37. The van der Waals surface area contributed by atoms with Crippen molar-refractivity contribution in [2.75, 3.05) is 44.3 Å². The number of aromatic nitrogens is 1. The summed E-state index contributed by atoms with van der Waals surface area (Å²) in [7, 11) is 0. The van der Waals surface area contributed by atoms with E-state index in [1.807, 2.05) is 6.07 Å². The topological polar surface area (TPSA) is 28.6 Å². The third-order valence-electron chi connectivity index (χ3n) is 3.84. The lowest BCUT2D eigenvalue weighted by Gasteiger charge is -2.31. The van der Waals surface area contributed by atoms with Gasteiger partial charge < -0.3 is 9.64 Å². The fraction of sp³-hybridized carbons (Fsp3) is 0.643. The SMILES string of the molecule is Clc1ccc(N2CCOCC2)c(CN2CCCC2)n1.